The van der Waals surface area contributed by atoms with E-state index in [1.807, 2.05) is 0 Å². The van der Waals surface area contributed by atoms with Crippen LogP contribution in [0.4, 0.5) is 17.1 Å². The molecule has 9 aromatic carbocycles. The Balaban J connectivity index is 1.11. The molecule has 0 aromatic heterocycles. The van der Waals surface area contributed by atoms with Crippen molar-refractivity contribution in [2.75, 3.05) is 4.90 Å². The molecule has 1 nitrogen and oxygen atoms in total. The molecular formula is C53H35N. The Morgan fingerprint density at radius 2 is 0.722 bits per heavy atom. The molecule has 1 spiro atoms. The average Bonchev–Trinajstić information content (AvgIpc) is 3.72. The fraction of sp³-hybridized carbons (Fsp3) is 0.0189. The van der Waals surface area contributed by atoms with Crippen LogP contribution in [0.5, 0.6) is 0 Å². The lowest BCUT2D eigenvalue weighted by atomic mass is 9.70. The number of nitrogens with zero attached hydrogens (tertiary/aromatic N) is 1. The molecule has 0 radical (unpaired) electrons. The molecule has 11 rings (SSSR count). The summed E-state index contributed by atoms with van der Waals surface area (Å²) < 4.78 is 0. The lowest BCUT2D eigenvalue weighted by molar-refractivity contribution is 0.793. The van der Waals surface area contributed by atoms with Gasteiger partial charge < -0.3 is 4.90 Å². The first kappa shape index (κ1) is 30.6. The van der Waals surface area contributed by atoms with Gasteiger partial charge in [0.2, 0.25) is 0 Å². The van der Waals surface area contributed by atoms with Gasteiger partial charge in [-0.15, -0.1) is 0 Å². The Bertz CT molecular complexity index is 2800. The number of anilines is 3. The predicted octanol–water partition coefficient (Wildman–Crippen LogP) is 14.0. The van der Waals surface area contributed by atoms with Gasteiger partial charge in [0.25, 0.3) is 0 Å². The number of hydrogen-bond acceptors (Lipinski definition) is 1. The average molecular weight is 686 g/mol. The second kappa shape index (κ2) is 12.0. The Hall–Kier alpha value is -6.96. The maximum Gasteiger partial charge on any atom is 0.0726 e. The van der Waals surface area contributed by atoms with Gasteiger partial charge in [-0.25, -0.2) is 0 Å². The van der Waals surface area contributed by atoms with E-state index in [4.69, 9.17) is 0 Å². The lowest BCUT2D eigenvalue weighted by Gasteiger charge is -2.32. The van der Waals surface area contributed by atoms with Crippen LogP contribution >= 0.6 is 0 Å². The molecule has 0 atom stereocenters. The lowest BCUT2D eigenvalue weighted by Crippen LogP contribution is -2.26. The maximum absolute atomic E-state index is 2.47. The van der Waals surface area contributed by atoms with E-state index in [0.717, 1.165) is 17.1 Å². The van der Waals surface area contributed by atoms with Gasteiger partial charge in [-0.3, -0.25) is 0 Å². The van der Waals surface area contributed by atoms with E-state index in [-0.39, 0.29) is 0 Å². The SMILES string of the molecule is c1ccc(-c2ccc(N(c3ccc(-c4cccc5ccccc45)cc3)c3ccc4c(c3)C3(c5ccccc5-c5ccccc53)c3ccccc3-4)cc2)cc1. The first-order valence-corrected chi connectivity index (χ1v) is 18.8. The van der Waals surface area contributed by atoms with Gasteiger partial charge in [0.05, 0.1) is 5.41 Å². The summed E-state index contributed by atoms with van der Waals surface area (Å²) in [6, 6.07) is 78.2. The van der Waals surface area contributed by atoms with Crippen molar-refractivity contribution < 1.29 is 0 Å². The minimum Gasteiger partial charge on any atom is -0.310 e. The van der Waals surface area contributed by atoms with Crippen LogP contribution in [0.3, 0.4) is 0 Å². The Kier molecular flexibility index (Phi) is 6.84. The van der Waals surface area contributed by atoms with Gasteiger partial charge in [0.15, 0.2) is 0 Å². The second-order valence-corrected chi connectivity index (χ2v) is 14.4. The van der Waals surface area contributed by atoms with Crippen molar-refractivity contribution in [3.63, 3.8) is 0 Å². The Morgan fingerprint density at radius 1 is 0.278 bits per heavy atom. The molecule has 0 unspecified atom stereocenters. The van der Waals surface area contributed by atoms with E-state index in [0.29, 0.717) is 0 Å². The highest BCUT2D eigenvalue weighted by Gasteiger charge is 2.51. The zero-order chi connectivity index (χ0) is 35.6. The highest BCUT2D eigenvalue weighted by molar-refractivity contribution is 5.98. The van der Waals surface area contributed by atoms with E-state index < -0.39 is 5.41 Å². The van der Waals surface area contributed by atoms with Crippen LogP contribution in [0.15, 0.2) is 212 Å². The number of benzene rings is 9. The largest absolute Gasteiger partial charge is 0.310 e. The zero-order valence-corrected chi connectivity index (χ0v) is 29.7. The zero-order valence-electron chi connectivity index (χ0n) is 29.7. The second-order valence-electron chi connectivity index (χ2n) is 14.4. The molecule has 0 N–H and O–H groups in total. The summed E-state index contributed by atoms with van der Waals surface area (Å²) in [6.07, 6.45) is 0. The monoisotopic (exact) mass is 685 g/mol. The third kappa shape index (κ3) is 4.45. The summed E-state index contributed by atoms with van der Waals surface area (Å²) in [5.74, 6) is 0. The van der Waals surface area contributed by atoms with Crippen LogP contribution in [0.25, 0.3) is 55.3 Å². The molecule has 0 amide bonds. The minimum atomic E-state index is -0.407. The predicted molar refractivity (Wildman–Crippen MR) is 226 cm³/mol. The molecular weight excluding hydrogens is 651 g/mol. The van der Waals surface area contributed by atoms with E-state index >= 15 is 0 Å². The Morgan fingerprint density at radius 3 is 1.35 bits per heavy atom. The van der Waals surface area contributed by atoms with Crippen molar-refractivity contribution in [3.05, 3.63) is 235 Å². The van der Waals surface area contributed by atoms with Crippen molar-refractivity contribution in [2.45, 2.75) is 5.41 Å². The molecule has 0 aliphatic heterocycles. The van der Waals surface area contributed by atoms with Crippen LogP contribution in [-0.2, 0) is 5.41 Å². The van der Waals surface area contributed by atoms with Gasteiger partial charge >= 0.3 is 0 Å². The topological polar surface area (TPSA) is 3.24 Å². The van der Waals surface area contributed by atoms with Crippen LogP contribution in [0.1, 0.15) is 22.3 Å². The standard InChI is InChI=1S/C53H35N/c1-2-13-36(14-3-1)37-25-29-40(30-26-37)54(41-31-27-39(28-32-41)44-21-12-16-38-15-4-5-17-43(38)44)42-33-34-48-47-20-8-11-24-51(47)53(52(48)35-42)49-22-9-6-18-45(49)46-19-7-10-23-50(46)53/h1-35H. The molecule has 0 fully saturated rings. The maximum atomic E-state index is 2.47. The molecule has 0 heterocycles. The number of fused-ring (bicyclic) bond motifs is 11. The van der Waals surface area contributed by atoms with E-state index in [1.165, 1.54) is 77.5 Å². The molecule has 54 heavy (non-hydrogen) atoms. The fourth-order valence-electron chi connectivity index (χ4n) is 9.37. The van der Waals surface area contributed by atoms with Crippen LogP contribution in [0.2, 0.25) is 0 Å². The van der Waals surface area contributed by atoms with Crippen molar-refractivity contribution in [1.82, 2.24) is 0 Å². The smallest absolute Gasteiger partial charge is 0.0726 e. The quantitative estimate of drug-likeness (QED) is 0.174. The van der Waals surface area contributed by atoms with Crippen molar-refractivity contribution in [1.29, 1.82) is 0 Å². The van der Waals surface area contributed by atoms with E-state index in [2.05, 4.69) is 217 Å². The summed E-state index contributed by atoms with van der Waals surface area (Å²) >= 11 is 0. The van der Waals surface area contributed by atoms with Crippen molar-refractivity contribution in [2.24, 2.45) is 0 Å². The molecule has 1 heteroatoms. The molecule has 2 aliphatic carbocycles. The van der Waals surface area contributed by atoms with Crippen molar-refractivity contribution in [3.8, 4) is 44.5 Å². The molecule has 0 saturated heterocycles. The van der Waals surface area contributed by atoms with Gasteiger partial charge in [0, 0.05) is 17.1 Å². The number of hydrogen-bond donors (Lipinski definition) is 0. The van der Waals surface area contributed by atoms with E-state index in [9.17, 15) is 0 Å². The summed E-state index contributed by atoms with van der Waals surface area (Å²) in [7, 11) is 0. The molecule has 2 aliphatic rings. The van der Waals surface area contributed by atoms with Gasteiger partial charge in [-0.1, -0.05) is 176 Å². The van der Waals surface area contributed by atoms with Crippen molar-refractivity contribution >= 4 is 27.8 Å². The van der Waals surface area contributed by atoms with Crippen LogP contribution in [0, 0.1) is 0 Å². The molecule has 252 valence electrons. The normalized spacial score (nSPS) is 13.0. The first-order chi connectivity index (χ1) is 26.8. The Labute approximate surface area is 316 Å². The highest BCUT2D eigenvalue weighted by Crippen LogP contribution is 2.63. The summed E-state index contributed by atoms with van der Waals surface area (Å²) in [5.41, 5.74) is 18.5. The molecule has 0 saturated carbocycles. The first-order valence-electron chi connectivity index (χ1n) is 18.8. The van der Waals surface area contributed by atoms with E-state index in [1.54, 1.807) is 0 Å². The van der Waals surface area contributed by atoms with Gasteiger partial charge in [-0.2, -0.15) is 0 Å². The summed E-state index contributed by atoms with van der Waals surface area (Å²) in [5, 5.41) is 2.52. The van der Waals surface area contributed by atoms with Crippen LogP contribution < -0.4 is 4.90 Å². The minimum absolute atomic E-state index is 0.407. The van der Waals surface area contributed by atoms with Gasteiger partial charge in [-0.05, 0) is 114 Å². The summed E-state index contributed by atoms with van der Waals surface area (Å²) in [4.78, 5) is 2.42. The highest BCUT2D eigenvalue weighted by atomic mass is 15.1. The molecule has 0 bridgehead atoms. The van der Waals surface area contributed by atoms with Gasteiger partial charge in [0.1, 0.15) is 0 Å². The third-order valence-electron chi connectivity index (χ3n) is 11.7. The van der Waals surface area contributed by atoms with Crippen LogP contribution in [-0.4, -0.2) is 0 Å². The fourth-order valence-corrected chi connectivity index (χ4v) is 9.37. The third-order valence-corrected chi connectivity index (χ3v) is 11.7. The summed E-state index contributed by atoms with van der Waals surface area (Å²) in [6.45, 7) is 0. The molecule has 9 aromatic rings. The number of rotatable bonds is 5.